The second kappa shape index (κ2) is 23.9. The SMILES string of the molecule is CC1(C)c2ccc(N(c3ccc(-c4ccccc4)cc3)c3cccc4c5cccc6c7ccccc7n(c34)c65)cc2-c2ccc(-c3cccc(-c4ccc(-c5ccc(N(c6ccc7c(c6)c6cc(-c8ccccc8)ccc6n7-c6ccccc6)c6cccc7c8cccc9c%10ccccc%10n(c67)c98)cc5)cc4)c3)cc21. The minimum absolute atomic E-state index is 0.247. The number of hydrogen-bond acceptors (Lipinski definition) is 2. The van der Waals surface area contributed by atoms with E-state index >= 15 is 0 Å². The molecule has 0 N–H and O–H groups in total. The minimum atomic E-state index is -0.247. The molecule has 0 aliphatic heterocycles. The van der Waals surface area contributed by atoms with Gasteiger partial charge in [0.15, 0.2) is 0 Å². The summed E-state index contributed by atoms with van der Waals surface area (Å²) in [5, 5.41) is 12.5. The maximum absolute atomic E-state index is 2.52. The van der Waals surface area contributed by atoms with Crippen LogP contribution < -0.4 is 9.80 Å². The normalized spacial score (nSPS) is 12.7. The van der Waals surface area contributed by atoms with Crippen molar-refractivity contribution in [1.82, 2.24) is 13.4 Å². The van der Waals surface area contributed by atoms with E-state index in [-0.39, 0.29) is 5.41 Å². The van der Waals surface area contributed by atoms with Gasteiger partial charge >= 0.3 is 0 Å². The Labute approximate surface area is 636 Å². The largest absolute Gasteiger partial charge is 0.309 e. The lowest BCUT2D eigenvalue weighted by atomic mass is 9.81. The van der Waals surface area contributed by atoms with Crippen molar-refractivity contribution in [2.24, 2.45) is 0 Å². The zero-order valence-corrected chi connectivity index (χ0v) is 60.6. The van der Waals surface area contributed by atoms with Crippen molar-refractivity contribution >= 4 is 132 Å². The highest BCUT2D eigenvalue weighted by Crippen LogP contribution is 2.54. The van der Waals surface area contributed by atoms with Gasteiger partial charge in [0, 0.05) is 87.7 Å². The van der Waals surface area contributed by atoms with Gasteiger partial charge in [-0.3, -0.25) is 0 Å². The molecular formula is C105H69N5. The Bertz CT molecular complexity index is 7450. The monoisotopic (exact) mass is 1400 g/mol. The predicted molar refractivity (Wildman–Crippen MR) is 464 cm³/mol. The Morgan fingerprint density at radius 3 is 1.13 bits per heavy atom. The Balaban J connectivity index is 0.593. The summed E-state index contributed by atoms with van der Waals surface area (Å²) in [6.45, 7) is 4.80. The molecule has 23 rings (SSSR count). The van der Waals surface area contributed by atoms with Crippen molar-refractivity contribution in [3.05, 3.63) is 393 Å². The standard InChI is InChI=1S/C105H69N5/c1-105(2)93-58-55-79(106(77-51-45-69(46-52-77)66-21-6-3-7-22-66)99-39-19-35-88-86-33-17-31-84-82-29-12-14-37-95(82)109(101(84)86)103(88)99)64-90(93)81-57-49-75(63-94(81)105)73-26-16-25-72(61-73)71-43-41-68(42-44-71)70-47-53-78(54-48-70)107(100-40-20-36-89-87-34-18-32-85-83-30-13-15-38-96(83)110(102(85)87)104(89)100)80-56-60-98-92(65-80)91-62-74(67-23-8-4-9-24-67)50-59-97(91)108(98)76-27-10-5-11-28-76/h3-65H,1-2H3. The van der Waals surface area contributed by atoms with E-state index in [1.807, 2.05) is 0 Å². The molecule has 22 aromatic rings. The molecule has 0 saturated carbocycles. The lowest BCUT2D eigenvalue weighted by molar-refractivity contribution is 0.660. The third-order valence-electron chi connectivity index (χ3n) is 24.1. The van der Waals surface area contributed by atoms with Crippen LogP contribution in [-0.4, -0.2) is 13.4 Å². The van der Waals surface area contributed by atoms with Gasteiger partial charge in [-0.05, 0) is 193 Å². The number of rotatable bonds is 12. The van der Waals surface area contributed by atoms with Crippen LogP contribution in [0.1, 0.15) is 25.0 Å². The first kappa shape index (κ1) is 62.0. The molecule has 5 heteroatoms. The van der Waals surface area contributed by atoms with Crippen molar-refractivity contribution in [3.8, 4) is 72.4 Å². The fraction of sp³-hybridized carbons (Fsp3) is 0.0286. The van der Waals surface area contributed by atoms with Gasteiger partial charge in [0.2, 0.25) is 0 Å². The molecule has 0 bridgehead atoms. The first-order valence-corrected chi connectivity index (χ1v) is 38.2. The van der Waals surface area contributed by atoms with Gasteiger partial charge < -0.3 is 23.2 Å². The summed E-state index contributed by atoms with van der Waals surface area (Å²) in [7, 11) is 0. The van der Waals surface area contributed by atoms with Crippen molar-refractivity contribution in [1.29, 1.82) is 0 Å². The molecule has 17 aromatic carbocycles. The van der Waals surface area contributed by atoms with Crippen molar-refractivity contribution in [2.45, 2.75) is 19.3 Å². The van der Waals surface area contributed by atoms with Gasteiger partial charge in [-0.1, -0.05) is 281 Å². The molecule has 514 valence electrons. The average molecular weight is 1400 g/mol. The number of para-hydroxylation sites is 7. The lowest BCUT2D eigenvalue weighted by Gasteiger charge is -2.28. The highest BCUT2D eigenvalue weighted by Gasteiger charge is 2.37. The highest BCUT2D eigenvalue weighted by atomic mass is 15.2. The summed E-state index contributed by atoms with van der Waals surface area (Å²) in [4.78, 5) is 4.99. The van der Waals surface area contributed by atoms with Crippen LogP contribution in [0.5, 0.6) is 0 Å². The Hall–Kier alpha value is -14.3. The van der Waals surface area contributed by atoms with Crippen LogP contribution in [0.4, 0.5) is 34.1 Å². The number of fused-ring (bicyclic) bond motifs is 18. The van der Waals surface area contributed by atoms with Gasteiger partial charge in [-0.15, -0.1) is 0 Å². The van der Waals surface area contributed by atoms with Crippen LogP contribution in [-0.2, 0) is 5.41 Å². The molecular weight excluding hydrogens is 1330 g/mol. The fourth-order valence-corrected chi connectivity index (χ4v) is 19.0. The minimum Gasteiger partial charge on any atom is -0.309 e. The zero-order valence-electron chi connectivity index (χ0n) is 60.6. The predicted octanol–water partition coefficient (Wildman–Crippen LogP) is 28.7. The van der Waals surface area contributed by atoms with Gasteiger partial charge in [0.1, 0.15) is 0 Å². The van der Waals surface area contributed by atoms with E-state index in [1.165, 1.54) is 159 Å². The summed E-state index contributed by atoms with van der Waals surface area (Å²) >= 11 is 0. The van der Waals surface area contributed by atoms with Crippen molar-refractivity contribution in [2.75, 3.05) is 9.80 Å². The number of hydrogen-bond donors (Lipinski definition) is 0. The molecule has 0 atom stereocenters. The molecule has 5 aromatic heterocycles. The molecule has 0 spiro atoms. The molecule has 0 fully saturated rings. The van der Waals surface area contributed by atoms with Gasteiger partial charge in [-0.25, -0.2) is 0 Å². The summed E-state index contributed by atoms with van der Waals surface area (Å²) in [5.41, 5.74) is 34.2. The summed E-state index contributed by atoms with van der Waals surface area (Å²) in [6, 6.07) is 142. The quantitative estimate of drug-likeness (QED) is 0.121. The molecule has 1 aliphatic carbocycles. The van der Waals surface area contributed by atoms with E-state index in [1.54, 1.807) is 0 Å². The Kier molecular flexibility index (Phi) is 13.5. The lowest BCUT2D eigenvalue weighted by Crippen LogP contribution is -2.15. The molecule has 0 radical (unpaired) electrons. The summed E-state index contributed by atoms with van der Waals surface area (Å²) in [5.74, 6) is 0. The van der Waals surface area contributed by atoms with E-state index in [0.717, 1.165) is 56.5 Å². The molecule has 0 unspecified atom stereocenters. The van der Waals surface area contributed by atoms with E-state index in [2.05, 4.69) is 419 Å². The highest BCUT2D eigenvalue weighted by molar-refractivity contribution is 6.27. The molecule has 5 nitrogen and oxygen atoms in total. The third kappa shape index (κ3) is 9.22. The Morgan fingerprint density at radius 2 is 0.564 bits per heavy atom. The molecule has 110 heavy (non-hydrogen) atoms. The van der Waals surface area contributed by atoms with Crippen LogP contribution in [0, 0.1) is 0 Å². The van der Waals surface area contributed by atoms with E-state index < -0.39 is 0 Å². The first-order chi connectivity index (χ1) is 54.3. The second-order valence-electron chi connectivity index (χ2n) is 30.3. The maximum Gasteiger partial charge on any atom is 0.0782 e. The topological polar surface area (TPSA) is 20.2 Å². The van der Waals surface area contributed by atoms with E-state index in [4.69, 9.17) is 0 Å². The van der Waals surface area contributed by atoms with Crippen LogP contribution >= 0.6 is 0 Å². The molecule has 1 aliphatic rings. The number of benzene rings is 17. The van der Waals surface area contributed by atoms with Gasteiger partial charge in [0.05, 0.1) is 55.5 Å². The second-order valence-corrected chi connectivity index (χ2v) is 30.3. The van der Waals surface area contributed by atoms with Crippen LogP contribution in [0.25, 0.3) is 170 Å². The first-order valence-electron chi connectivity index (χ1n) is 38.2. The molecule has 0 saturated heterocycles. The van der Waals surface area contributed by atoms with Crippen LogP contribution in [0.2, 0.25) is 0 Å². The van der Waals surface area contributed by atoms with Crippen LogP contribution in [0.3, 0.4) is 0 Å². The van der Waals surface area contributed by atoms with Gasteiger partial charge in [0.25, 0.3) is 0 Å². The zero-order chi connectivity index (χ0) is 72.5. The van der Waals surface area contributed by atoms with E-state index in [0.29, 0.717) is 0 Å². The number of anilines is 6. The summed E-state index contributed by atoms with van der Waals surface area (Å²) < 4.78 is 7.46. The van der Waals surface area contributed by atoms with Gasteiger partial charge in [-0.2, -0.15) is 0 Å². The van der Waals surface area contributed by atoms with Crippen molar-refractivity contribution < 1.29 is 0 Å². The van der Waals surface area contributed by atoms with Crippen molar-refractivity contribution in [3.63, 3.8) is 0 Å². The molecule has 0 amide bonds. The third-order valence-corrected chi connectivity index (χ3v) is 24.1. The number of aromatic nitrogens is 3. The van der Waals surface area contributed by atoms with E-state index in [9.17, 15) is 0 Å². The van der Waals surface area contributed by atoms with Crippen LogP contribution in [0.15, 0.2) is 382 Å². The average Bonchev–Trinajstić information content (AvgIpc) is 1.54. The molecule has 5 heterocycles. The fourth-order valence-electron chi connectivity index (χ4n) is 19.0. The summed E-state index contributed by atoms with van der Waals surface area (Å²) in [6.07, 6.45) is 0. The Morgan fingerprint density at radius 1 is 0.209 bits per heavy atom. The number of nitrogens with zero attached hydrogens (tertiary/aromatic N) is 5. The maximum atomic E-state index is 2.52. The smallest absolute Gasteiger partial charge is 0.0782 e.